The standard InChI is InChI=1S/C18H13FN2OS/c1-11-5-2-3-6-12(11)10-23-18-16-13(7-4-8-15(16)19)14(9-20)17(22)21-18/h2-8H,10H2,1H3,(H,21,22). The summed E-state index contributed by atoms with van der Waals surface area (Å²) in [6, 6.07) is 14.2. The van der Waals surface area contributed by atoms with Crippen LogP contribution in [0.2, 0.25) is 0 Å². The second kappa shape index (κ2) is 6.27. The Bertz CT molecular complexity index is 988. The lowest BCUT2D eigenvalue weighted by Gasteiger charge is -2.09. The quantitative estimate of drug-likeness (QED) is 0.737. The van der Waals surface area contributed by atoms with Gasteiger partial charge in [0, 0.05) is 16.5 Å². The molecule has 0 saturated carbocycles. The second-order valence-electron chi connectivity index (χ2n) is 5.15. The number of aromatic amines is 1. The van der Waals surface area contributed by atoms with Gasteiger partial charge < -0.3 is 4.98 Å². The first kappa shape index (κ1) is 15.3. The highest BCUT2D eigenvalue weighted by atomic mass is 32.2. The van der Waals surface area contributed by atoms with Crippen LogP contribution >= 0.6 is 11.8 Å². The van der Waals surface area contributed by atoms with Crippen molar-refractivity contribution in [2.24, 2.45) is 0 Å². The van der Waals surface area contributed by atoms with Crippen molar-refractivity contribution in [3.05, 3.63) is 75.3 Å². The molecule has 1 aromatic heterocycles. The summed E-state index contributed by atoms with van der Waals surface area (Å²) >= 11 is 1.36. The van der Waals surface area contributed by atoms with E-state index in [1.54, 1.807) is 6.07 Å². The zero-order valence-corrected chi connectivity index (χ0v) is 13.2. The fourth-order valence-corrected chi connectivity index (χ4v) is 3.60. The molecule has 0 aliphatic heterocycles. The molecule has 0 atom stereocenters. The Kier molecular flexibility index (Phi) is 4.18. The minimum atomic E-state index is -0.488. The van der Waals surface area contributed by atoms with Crippen LogP contribution < -0.4 is 5.56 Å². The summed E-state index contributed by atoms with van der Waals surface area (Å²) in [5, 5.41) is 10.2. The van der Waals surface area contributed by atoms with Crippen molar-refractivity contribution in [3.63, 3.8) is 0 Å². The van der Waals surface area contributed by atoms with Crippen molar-refractivity contribution in [2.75, 3.05) is 0 Å². The number of pyridine rings is 1. The van der Waals surface area contributed by atoms with E-state index in [1.807, 2.05) is 37.3 Å². The first-order valence-corrected chi connectivity index (χ1v) is 8.02. The van der Waals surface area contributed by atoms with Crippen molar-refractivity contribution in [1.29, 1.82) is 5.26 Å². The van der Waals surface area contributed by atoms with Gasteiger partial charge in [-0.25, -0.2) is 4.39 Å². The van der Waals surface area contributed by atoms with Gasteiger partial charge in [0.2, 0.25) is 0 Å². The minimum absolute atomic E-state index is 0.0558. The summed E-state index contributed by atoms with van der Waals surface area (Å²) < 4.78 is 14.3. The molecule has 2 aromatic carbocycles. The van der Waals surface area contributed by atoms with Crippen LogP contribution in [0.4, 0.5) is 4.39 Å². The number of H-pyrrole nitrogens is 1. The van der Waals surface area contributed by atoms with Crippen molar-refractivity contribution < 1.29 is 4.39 Å². The van der Waals surface area contributed by atoms with Crippen LogP contribution in [0.15, 0.2) is 52.3 Å². The van der Waals surface area contributed by atoms with E-state index in [-0.39, 0.29) is 5.56 Å². The first-order valence-electron chi connectivity index (χ1n) is 7.03. The lowest BCUT2D eigenvalue weighted by molar-refractivity contribution is 0.637. The largest absolute Gasteiger partial charge is 0.315 e. The van der Waals surface area contributed by atoms with Gasteiger partial charge in [0.05, 0.1) is 5.03 Å². The van der Waals surface area contributed by atoms with Gasteiger partial charge in [-0.05, 0) is 24.1 Å². The Morgan fingerprint density at radius 2 is 2.00 bits per heavy atom. The number of rotatable bonds is 3. The predicted octanol–water partition coefficient (Wildman–Crippen LogP) is 4.14. The van der Waals surface area contributed by atoms with Gasteiger partial charge in [-0.3, -0.25) is 4.79 Å². The van der Waals surface area contributed by atoms with Gasteiger partial charge >= 0.3 is 0 Å². The van der Waals surface area contributed by atoms with Crippen LogP contribution in [0.25, 0.3) is 10.8 Å². The van der Waals surface area contributed by atoms with E-state index < -0.39 is 11.4 Å². The molecular formula is C18H13FN2OS. The Hall–Kier alpha value is -2.58. The molecule has 23 heavy (non-hydrogen) atoms. The van der Waals surface area contributed by atoms with Gasteiger partial charge in [-0.1, -0.05) is 36.4 Å². The number of fused-ring (bicyclic) bond motifs is 1. The van der Waals surface area contributed by atoms with Crippen LogP contribution in [0, 0.1) is 24.1 Å². The maximum absolute atomic E-state index is 14.3. The summed E-state index contributed by atoms with van der Waals surface area (Å²) in [6.07, 6.45) is 0. The van der Waals surface area contributed by atoms with Crippen LogP contribution in [0.3, 0.4) is 0 Å². The Morgan fingerprint density at radius 3 is 2.74 bits per heavy atom. The molecule has 0 unspecified atom stereocenters. The molecular weight excluding hydrogens is 311 g/mol. The second-order valence-corrected chi connectivity index (χ2v) is 6.13. The van der Waals surface area contributed by atoms with Crippen molar-refractivity contribution >= 4 is 22.5 Å². The number of thioether (sulfide) groups is 1. The third-order valence-electron chi connectivity index (χ3n) is 3.71. The lowest BCUT2D eigenvalue weighted by atomic mass is 10.1. The number of nitrogens with zero attached hydrogens (tertiary/aromatic N) is 1. The van der Waals surface area contributed by atoms with Crippen LogP contribution in [0.1, 0.15) is 16.7 Å². The number of nitriles is 1. The predicted molar refractivity (Wildman–Crippen MR) is 90.0 cm³/mol. The number of aromatic nitrogens is 1. The molecule has 0 radical (unpaired) electrons. The Balaban J connectivity index is 2.10. The number of aryl methyl sites for hydroxylation is 1. The SMILES string of the molecule is Cc1ccccc1CSc1[nH]c(=O)c(C#N)c2cccc(F)c12. The Morgan fingerprint density at radius 1 is 1.22 bits per heavy atom. The number of nitrogens with one attached hydrogen (secondary N) is 1. The molecule has 5 heteroatoms. The van der Waals surface area contributed by atoms with E-state index in [0.29, 0.717) is 21.6 Å². The number of benzene rings is 2. The highest BCUT2D eigenvalue weighted by molar-refractivity contribution is 7.98. The molecule has 114 valence electrons. The third-order valence-corrected chi connectivity index (χ3v) is 4.76. The maximum Gasteiger partial charge on any atom is 0.267 e. The van der Waals surface area contributed by atoms with Crippen LogP contribution in [0.5, 0.6) is 0 Å². The van der Waals surface area contributed by atoms with Gasteiger partial charge in [0.1, 0.15) is 17.4 Å². The lowest BCUT2D eigenvalue weighted by Crippen LogP contribution is -2.12. The molecule has 3 rings (SSSR count). The average Bonchev–Trinajstić information content (AvgIpc) is 2.54. The van der Waals surface area contributed by atoms with Crippen LogP contribution in [-0.4, -0.2) is 4.98 Å². The molecule has 0 saturated heterocycles. The van der Waals surface area contributed by atoms with E-state index in [1.165, 1.54) is 23.9 Å². The number of halogens is 1. The summed E-state index contributed by atoms with van der Waals surface area (Å²) in [6.45, 7) is 2.01. The molecule has 0 aliphatic carbocycles. The van der Waals surface area contributed by atoms with Crippen molar-refractivity contribution in [3.8, 4) is 6.07 Å². The van der Waals surface area contributed by atoms with E-state index >= 15 is 0 Å². The summed E-state index contributed by atoms with van der Waals surface area (Å²) in [7, 11) is 0. The fraction of sp³-hybridized carbons (Fsp3) is 0.111. The first-order chi connectivity index (χ1) is 11.1. The molecule has 1 N–H and O–H groups in total. The topological polar surface area (TPSA) is 56.6 Å². The van der Waals surface area contributed by atoms with Crippen molar-refractivity contribution in [2.45, 2.75) is 17.7 Å². The molecule has 1 heterocycles. The van der Waals surface area contributed by atoms with E-state index in [9.17, 15) is 9.18 Å². The minimum Gasteiger partial charge on any atom is -0.315 e. The van der Waals surface area contributed by atoms with E-state index in [2.05, 4.69) is 4.98 Å². The highest BCUT2D eigenvalue weighted by Gasteiger charge is 2.14. The normalized spacial score (nSPS) is 10.7. The third kappa shape index (κ3) is 2.86. The average molecular weight is 324 g/mol. The molecule has 3 aromatic rings. The monoisotopic (exact) mass is 324 g/mol. The highest BCUT2D eigenvalue weighted by Crippen LogP contribution is 2.31. The molecule has 0 bridgehead atoms. The molecule has 0 fully saturated rings. The van der Waals surface area contributed by atoms with Crippen molar-refractivity contribution in [1.82, 2.24) is 4.98 Å². The van der Waals surface area contributed by atoms with E-state index in [4.69, 9.17) is 5.26 Å². The molecule has 0 spiro atoms. The maximum atomic E-state index is 14.3. The smallest absolute Gasteiger partial charge is 0.267 e. The van der Waals surface area contributed by atoms with Gasteiger partial charge in [0.25, 0.3) is 5.56 Å². The zero-order valence-electron chi connectivity index (χ0n) is 12.4. The fourth-order valence-electron chi connectivity index (χ4n) is 2.45. The van der Waals surface area contributed by atoms with Crippen LogP contribution in [-0.2, 0) is 5.75 Å². The van der Waals surface area contributed by atoms with Gasteiger partial charge in [-0.2, -0.15) is 5.26 Å². The zero-order chi connectivity index (χ0) is 16.4. The summed E-state index contributed by atoms with van der Waals surface area (Å²) in [5.74, 6) is 0.167. The Labute approximate surface area is 136 Å². The number of hydrogen-bond acceptors (Lipinski definition) is 3. The molecule has 3 nitrogen and oxygen atoms in total. The summed E-state index contributed by atoms with van der Waals surface area (Å²) in [5.41, 5.74) is 1.71. The molecule has 0 aliphatic rings. The summed E-state index contributed by atoms with van der Waals surface area (Å²) in [4.78, 5) is 14.7. The number of hydrogen-bond donors (Lipinski definition) is 1. The van der Waals surface area contributed by atoms with Gasteiger partial charge in [-0.15, -0.1) is 11.8 Å². The molecule has 0 amide bonds. The van der Waals surface area contributed by atoms with Gasteiger partial charge in [0.15, 0.2) is 0 Å². The van der Waals surface area contributed by atoms with E-state index in [0.717, 1.165) is 11.1 Å².